The van der Waals surface area contributed by atoms with Crippen LogP contribution in [-0.2, 0) is 4.79 Å². The van der Waals surface area contributed by atoms with Crippen molar-refractivity contribution in [1.82, 2.24) is 0 Å². The molecule has 132 valence electrons. The SMILES string of the molecule is O=C1/C(=C/c2ccccc2)CN(c2ccccc2)C/C1=C\c1ccccc1. The molecule has 4 rings (SSSR count). The average molecular weight is 351 g/mol. The van der Waals surface area contributed by atoms with Crippen molar-refractivity contribution in [3.05, 3.63) is 113 Å². The molecule has 3 aromatic carbocycles. The summed E-state index contributed by atoms with van der Waals surface area (Å²) < 4.78 is 0. The van der Waals surface area contributed by atoms with E-state index in [9.17, 15) is 4.79 Å². The molecule has 1 heterocycles. The molecule has 0 aromatic heterocycles. The zero-order chi connectivity index (χ0) is 18.5. The summed E-state index contributed by atoms with van der Waals surface area (Å²) in [6.45, 7) is 1.23. The number of para-hydroxylation sites is 1. The van der Waals surface area contributed by atoms with Crippen molar-refractivity contribution in [1.29, 1.82) is 0 Å². The van der Waals surface area contributed by atoms with E-state index >= 15 is 0 Å². The van der Waals surface area contributed by atoms with Crippen LogP contribution < -0.4 is 4.90 Å². The third-order valence-corrected chi connectivity index (χ3v) is 4.71. The normalized spacial score (nSPS) is 17.5. The molecule has 0 unspecified atom stereocenters. The van der Waals surface area contributed by atoms with E-state index in [2.05, 4.69) is 17.0 Å². The lowest BCUT2D eigenvalue weighted by atomic mass is 9.94. The fourth-order valence-corrected chi connectivity index (χ4v) is 3.36. The van der Waals surface area contributed by atoms with Crippen molar-refractivity contribution < 1.29 is 4.79 Å². The average Bonchev–Trinajstić information content (AvgIpc) is 2.73. The Morgan fingerprint density at radius 2 is 1.00 bits per heavy atom. The first-order chi connectivity index (χ1) is 13.3. The molecule has 1 aliphatic heterocycles. The van der Waals surface area contributed by atoms with Crippen LogP contribution in [0.5, 0.6) is 0 Å². The van der Waals surface area contributed by atoms with Crippen LogP contribution in [0.4, 0.5) is 5.69 Å². The first kappa shape index (κ1) is 17.0. The minimum atomic E-state index is 0.134. The van der Waals surface area contributed by atoms with Gasteiger partial charge in [-0.3, -0.25) is 4.79 Å². The van der Waals surface area contributed by atoms with Crippen molar-refractivity contribution in [2.24, 2.45) is 0 Å². The number of hydrogen-bond acceptors (Lipinski definition) is 2. The topological polar surface area (TPSA) is 20.3 Å². The standard InChI is InChI=1S/C25H21NO/c27-25-22(16-20-10-4-1-5-11-20)18-26(24-14-8-3-9-15-24)19-23(25)17-21-12-6-2-7-13-21/h1-17H,18-19H2/b22-16+,23-17+. The molecular weight excluding hydrogens is 330 g/mol. The lowest BCUT2D eigenvalue weighted by Gasteiger charge is -2.31. The van der Waals surface area contributed by atoms with Crippen molar-refractivity contribution >= 4 is 23.6 Å². The van der Waals surface area contributed by atoms with Gasteiger partial charge in [-0.1, -0.05) is 78.9 Å². The predicted molar refractivity (Wildman–Crippen MR) is 113 cm³/mol. The summed E-state index contributed by atoms with van der Waals surface area (Å²) in [5.41, 5.74) is 4.87. The van der Waals surface area contributed by atoms with Crippen LogP contribution in [-0.4, -0.2) is 18.9 Å². The van der Waals surface area contributed by atoms with Gasteiger partial charge in [0.1, 0.15) is 0 Å². The summed E-state index contributed by atoms with van der Waals surface area (Å²) in [5, 5.41) is 0. The Labute approximate surface area is 160 Å². The number of rotatable bonds is 3. The Bertz CT molecular complexity index is 911. The van der Waals surface area contributed by atoms with Crippen molar-refractivity contribution in [2.45, 2.75) is 0 Å². The number of Topliss-reactive ketones (excluding diaryl/α,β-unsaturated/α-hetero) is 1. The highest BCUT2D eigenvalue weighted by atomic mass is 16.1. The number of piperidine rings is 1. The Hall–Kier alpha value is -3.39. The van der Waals surface area contributed by atoms with Gasteiger partial charge >= 0.3 is 0 Å². The molecule has 0 saturated carbocycles. The van der Waals surface area contributed by atoms with Crippen LogP contribution >= 0.6 is 0 Å². The summed E-state index contributed by atoms with van der Waals surface area (Å²) in [6, 6.07) is 30.3. The third kappa shape index (κ3) is 4.06. The maximum Gasteiger partial charge on any atom is 0.188 e. The van der Waals surface area contributed by atoms with Crippen molar-refractivity contribution in [2.75, 3.05) is 18.0 Å². The molecule has 0 amide bonds. The minimum absolute atomic E-state index is 0.134. The van der Waals surface area contributed by atoms with Gasteiger partial charge in [0.15, 0.2) is 5.78 Å². The van der Waals surface area contributed by atoms with Crippen LogP contribution in [0.2, 0.25) is 0 Å². The fourth-order valence-electron chi connectivity index (χ4n) is 3.36. The van der Waals surface area contributed by atoms with Gasteiger partial charge in [0, 0.05) is 29.9 Å². The first-order valence-corrected chi connectivity index (χ1v) is 9.15. The van der Waals surface area contributed by atoms with Crippen LogP contribution in [0.15, 0.2) is 102 Å². The highest BCUT2D eigenvalue weighted by molar-refractivity contribution is 6.15. The second kappa shape index (κ2) is 7.88. The summed E-state index contributed by atoms with van der Waals surface area (Å²) in [6.07, 6.45) is 4.02. The summed E-state index contributed by atoms with van der Waals surface area (Å²) in [7, 11) is 0. The smallest absolute Gasteiger partial charge is 0.188 e. The molecule has 0 aliphatic carbocycles. The summed E-state index contributed by atoms with van der Waals surface area (Å²) in [4.78, 5) is 15.4. The second-order valence-electron chi connectivity index (χ2n) is 6.68. The molecule has 0 atom stereocenters. The van der Waals surface area contributed by atoms with E-state index in [-0.39, 0.29) is 5.78 Å². The molecule has 27 heavy (non-hydrogen) atoms. The lowest BCUT2D eigenvalue weighted by molar-refractivity contribution is -0.112. The Morgan fingerprint density at radius 1 is 0.593 bits per heavy atom. The monoisotopic (exact) mass is 351 g/mol. The van der Waals surface area contributed by atoms with Crippen molar-refractivity contribution in [3.8, 4) is 0 Å². The van der Waals surface area contributed by atoms with E-state index < -0.39 is 0 Å². The quantitative estimate of drug-likeness (QED) is 0.601. The van der Waals surface area contributed by atoms with Crippen LogP contribution in [0.1, 0.15) is 11.1 Å². The van der Waals surface area contributed by atoms with Gasteiger partial charge in [-0.15, -0.1) is 0 Å². The Kier molecular flexibility index (Phi) is 4.97. The van der Waals surface area contributed by atoms with Crippen LogP contribution in [0.25, 0.3) is 12.2 Å². The first-order valence-electron chi connectivity index (χ1n) is 9.15. The fraction of sp³-hybridized carbons (Fsp3) is 0.0800. The maximum absolute atomic E-state index is 13.1. The van der Waals surface area contributed by atoms with Gasteiger partial charge < -0.3 is 4.90 Å². The molecular formula is C25H21NO. The molecule has 2 heteroatoms. The number of anilines is 1. The van der Waals surface area contributed by atoms with E-state index in [1.54, 1.807) is 0 Å². The number of benzene rings is 3. The maximum atomic E-state index is 13.1. The zero-order valence-electron chi connectivity index (χ0n) is 15.1. The summed E-state index contributed by atoms with van der Waals surface area (Å²) in [5.74, 6) is 0.134. The molecule has 1 fully saturated rings. The second-order valence-corrected chi connectivity index (χ2v) is 6.68. The molecule has 0 radical (unpaired) electrons. The van der Waals surface area contributed by atoms with E-state index in [1.807, 2.05) is 91.0 Å². The van der Waals surface area contributed by atoms with Crippen molar-refractivity contribution in [3.63, 3.8) is 0 Å². The van der Waals surface area contributed by atoms with Gasteiger partial charge in [-0.05, 0) is 35.4 Å². The van der Waals surface area contributed by atoms with E-state index in [0.29, 0.717) is 13.1 Å². The molecule has 3 aromatic rings. The molecule has 1 aliphatic rings. The summed E-state index contributed by atoms with van der Waals surface area (Å²) >= 11 is 0. The molecule has 0 spiro atoms. The number of nitrogens with zero attached hydrogens (tertiary/aromatic N) is 1. The van der Waals surface area contributed by atoms with Gasteiger partial charge in [0.25, 0.3) is 0 Å². The highest BCUT2D eigenvalue weighted by Gasteiger charge is 2.26. The van der Waals surface area contributed by atoms with Gasteiger partial charge in [0.05, 0.1) is 0 Å². The Balaban J connectivity index is 1.74. The van der Waals surface area contributed by atoms with Gasteiger partial charge in [-0.25, -0.2) is 0 Å². The van der Waals surface area contributed by atoms with E-state index in [4.69, 9.17) is 0 Å². The molecule has 0 N–H and O–H groups in total. The predicted octanol–water partition coefficient (Wildman–Crippen LogP) is 5.24. The Morgan fingerprint density at radius 3 is 1.44 bits per heavy atom. The minimum Gasteiger partial charge on any atom is -0.363 e. The number of hydrogen-bond donors (Lipinski definition) is 0. The molecule has 2 nitrogen and oxygen atoms in total. The molecule has 0 bridgehead atoms. The van der Waals surface area contributed by atoms with Gasteiger partial charge in [-0.2, -0.15) is 0 Å². The number of carbonyl (C=O) groups excluding carboxylic acids is 1. The van der Waals surface area contributed by atoms with Crippen LogP contribution in [0.3, 0.4) is 0 Å². The zero-order valence-corrected chi connectivity index (χ0v) is 15.1. The number of carbonyl (C=O) groups is 1. The molecule has 1 saturated heterocycles. The van der Waals surface area contributed by atoms with E-state index in [0.717, 1.165) is 28.0 Å². The van der Waals surface area contributed by atoms with E-state index in [1.165, 1.54) is 0 Å². The lowest BCUT2D eigenvalue weighted by Crippen LogP contribution is -2.37. The van der Waals surface area contributed by atoms with Crippen LogP contribution in [0, 0.1) is 0 Å². The largest absolute Gasteiger partial charge is 0.363 e. The van der Waals surface area contributed by atoms with Gasteiger partial charge in [0.2, 0.25) is 0 Å². The number of ketones is 1. The third-order valence-electron chi connectivity index (χ3n) is 4.71. The highest BCUT2D eigenvalue weighted by Crippen LogP contribution is 2.26.